The van der Waals surface area contributed by atoms with Crippen LogP contribution in [0.5, 0.6) is 0 Å². The molecule has 2 aromatic rings. The largest absolute Gasteiger partial charge is 0.478 e. The number of hydrogen-bond donors (Lipinski definition) is 2. The zero-order chi connectivity index (χ0) is 16.2. The van der Waals surface area contributed by atoms with Crippen molar-refractivity contribution in [3.63, 3.8) is 0 Å². The van der Waals surface area contributed by atoms with E-state index in [2.05, 4.69) is 4.72 Å². The number of sulfonamides is 1. The molecule has 0 aliphatic rings. The predicted octanol–water partition coefficient (Wildman–Crippen LogP) is 3.11. The average Bonchev–Trinajstić information content (AvgIpc) is 2.48. The van der Waals surface area contributed by atoms with Gasteiger partial charge in [0.1, 0.15) is 0 Å². The molecule has 0 aliphatic heterocycles. The predicted molar refractivity (Wildman–Crippen MR) is 86.2 cm³/mol. The lowest BCUT2D eigenvalue weighted by molar-refractivity contribution is 0.0698. The van der Waals surface area contributed by atoms with Gasteiger partial charge in [-0.2, -0.15) is 0 Å². The van der Waals surface area contributed by atoms with Gasteiger partial charge in [0.2, 0.25) is 0 Å². The standard InChI is InChI=1S/C16H15NO4S/c1-12-6-5-9-14(16(18)19)15(12)17-22(20,21)11-10-13-7-3-2-4-8-13/h2-11,17H,1H3,(H,18,19)/b11-10+. The number of anilines is 1. The van der Waals surface area contributed by atoms with Crippen LogP contribution in [0.2, 0.25) is 0 Å². The number of rotatable bonds is 5. The summed E-state index contributed by atoms with van der Waals surface area (Å²) in [4.78, 5) is 11.2. The lowest BCUT2D eigenvalue weighted by Gasteiger charge is -2.11. The quantitative estimate of drug-likeness (QED) is 0.887. The molecule has 0 unspecified atom stereocenters. The van der Waals surface area contributed by atoms with Crippen LogP contribution < -0.4 is 4.72 Å². The summed E-state index contributed by atoms with van der Waals surface area (Å²) in [6.45, 7) is 1.64. The van der Waals surface area contributed by atoms with E-state index in [1.165, 1.54) is 12.1 Å². The van der Waals surface area contributed by atoms with Crippen molar-refractivity contribution < 1.29 is 18.3 Å². The van der Waals surface area contributed by atoms with Crippen LogP contribution in [0.4, 0.5) is 5.69 Å². The number of carboxylic acid groups (broad SMARTS) is 1. The molecule has 0 radical (unpaired) electrons. The molecule has 2 N–H and O–H groups in total. The summed E-state index contributed by atoms with van der Waals surface area (Å²) in [6, 6.07) is 13.5. The number of aryl methyl sites for hydroxylation is 1. The maximum Gasteiger partial charge on any atom is 0.337 e. The molecule has 0 fully saturated rings. The average molecular weight is 317 g/mol. The zero-order valence-corrected chi connectivity index (χ0v) is 12.7. The smallest absolute Gasteiger partial charge is 0.337 e. The highest BCUT2D eigenvalue weighted by atomic mass is 32.2. The number of nitrogens with one attached hydrogen (secondary N) is 1. The summed E-state index contributed by atoms with van der Waals surface area (Å²) >= 11 is 0. The number of para-hydroxylation sites is 1. The second-order valence-corrected chi connectivity index (χ2v) is 6.23. The fraction of sp³-hybridized carbons (Fsp3) is 0.0625. The molecule has 22 heavy (non-hydrogen) atoms. The summed E-state index contributed by atoms with van der Waals surface area (Å²) < 4.78 is 26.5. The van der Waals surface area contributed by atoms with Crippen LogP contribution in [0.15, 0.2) is 53.9 Å². The van der Waals surface area contributed by atoms with Crippen LogP contribution >= 0.6 is 0 Å². The van der Waals surface area contributed by atoms with Crippen LogP contribution in [0, 0.1) is 6.92 Å². The molecular weight excluding hydrogens is 302 g/mol. The van der Waals surface area contributed by atoms with Crippen molar-refractivity contribution in [2.75, 3.05) is 4.72 Å². The minimum Gasteiger partial charge on any atom is -0.478 e. The van der Waals surface area contributed by atoms with Crippen LogP contribution in [-0.4, -0.2) is 19.5 Å². The molecule has 0 saturated carbocycles. The number of carbonyl (C=O) groups is 1. The molecular formula is C16H15NO4S. The Morgan fingerprint density at radius 1 is 1.09 bits per heavy atom. The topological polar surface area (TPSA) is 83.5 Å². The van der Waals surface area contributed by atoms with E-state index in [1.54, 1.807) is 43.3 Å². The molecule has 0 heterocycles. The fourth-order valence-electron chi connectivity index (χ4n) is 1.89. The van der Waals surface area contributed by atoms with Crippen LogP contribution in [0.1, 0.15) is 21.5 Å². The molecule has 0 amide bonds. The normalized spacial score (nSPS) is 11.5. The number of benzene rings is 2. The molecule has 5 nitrogen and oxygen atoms in total. The number of aromatic carboxylic acids is 1. The molecule has 0 atom stereocenters. The van der Waals surface area contributed by atoms with Crippen molar-refractivity contribution in [2.45, 2.75) is 6.92 Å². The summed E-state index contributed by atoms with van der Waals surface area (Å²) in [5.41, 5.74) is 1.26. The van der Waals surface area contributed by atoms with Crippen molar-refractivity contribution in [1.29, 1.82) is 0 Å². The number of hydrogen-bond acceptors (Lipinski definition) is 3. The maximum atomic E-state index is 12.1. The molecule has 0 aliphatic carbocycles. The first-order valence-corrected chi connectivity index (χ1v) is 8.02. The van der Waals surface area contributed by atoms with E-state index in [-0.39, 0.29) is 11.3 Å². The summed E-state index contributed by atoms with van der Waals surface area (Å²) in [5.74, 6) is -1.19. The molecule has 0 aromatic heterocycles. The highest BCUT2D eigenvalue weighted by Gasteiger charge is 2.16. The van der Waals surface area contributed by atoms with Crippen molar-refractivity contribution in [1.82, 2.24) is 0 Å². The van der Waals surface area contributed by atoms with E-state index in [0.29, 0.717) is 5.56 Å². The minimum absolute atomic E-state index is 0.0766. The lowest BCUT2D eigenvalue weighted by Crippen LogP contribution is -2.13. The van der Waals surface area contributed by atoms with Crippen molar-refractivity contribution in [2.24, 2.45) is 0 Å². The fourth-order valence-corrected chi connectivity index (χ4v) is 2.85. The van der Waals surface area contributed by atoms with Gasteiger partial charge >= 0.3 is 5.97 Å². The third-order valence-corrected chi connectivity index (χ3v) is 3.97. The van der Waals surface area contributed by atoms with Gasteiger partial charge in [-0.25, -0.2) is 13.2 Å². The minimum atomic E-state index is -3.81. The Morgan fingerprint density at radius 2 is 1.77 bits per heavy atom. The molecule has 2 aromatic carbocycles. The molecule has 0 spiro atoms. The Balaban J connectivity index is 2.30. The van der Waals surface area contributed by atoms with E-state index >= 15 is 0 Å². The van der Waals surface area contributed by atoms with Gasteiger partial charge in [-0.05, 0) is 30.2 Å². The first-order chi connectivity index (χ1) is 10.4. The second-order valence-electron chi connectivity index (χ2n) is 4.66. The number of carboxylic acids is 1. The van der Waals surface area contributed by atoms with Gasteiger partial charge < -0.3 is 5.11 Å². The maximum absolute atomic E-state index is 12.1. The van der Waals surface area contributed by atoms with Gasteiger partial charge in [0, 0.05) is 0 Å². The Labute approximate surface area is 129 Å². The van der Waals surface area contributed by atoms with Crippen LogP contribution in [0.3, 0.4) is 0 Å². The molecule has 6 heteroatoms. The second kappa shape index (κ2) is 6.44. The van der Waals surface area contributed by atoms with Gasteiger partial charge in [0.15, 0.2) is 0 Å². The van der Waals surface area contributed by atoms with E-state index in [4.69, 9.17) is 5.11 Å². The van der Waals surface area contributed by atoms with E-state index in [0.717, 1.165) is 11.0 Å². The Hall–Kier alpha value is -2.60. The third kappa shape index (κ3) is 3.95. The van der Waals surface area contributed by atoms with Gasteiger partial charge in [-0.3, -0.25) is 4.72 Å². The summed E-state index contributed by atoms with van der Waals surface area (Å²) in [7, 11) is -3.81. The van der Waals surface area contributed by atoms with Crippen molar-refractivity contribution in [3.05, 3.63) is 70.6 Å². The van der Waals surface area contributed by atoms with Crippen molar-refractivity contribution in [3.8, 4) is 0 Å². The Kier molecular flexibility index (Phi) is 4.62. The molecule has 2 rings (SSSR count). The van der Waals surface area contributed by atoms with Crippen LogP contribution in [-0.2, 0) is 10.0 Å². The molecule has 0 saturated heterocycles. The highest BCUT2D eigenvalue weighted by Crippen LogP contribution is 2.22. The highest BCUT2D eigenvalue weighted by molar-refractivity contribution is 7.95. The summed E-state index contributed by atoms with van der Waals surface area (Å²) in [6.07, 6.45) is 1.45. The third-order valence-electron chi connectivity index (χ3n) is 2.99. The van der Waals surface area contributed by atoms with Crippen LogP contribution in [0.25, 0.3) is 6.08 Å². The monoisotopic (exact) mass is 317 g/mol. The van der Waals surface area contributed by atoms with Gasteiger partial charge in [-0.1, -0.05) is 42.5 Å². The van der Waals surface area contributed by atoms with E-state index in [1.807, 2.05) is 6.07 Å². The first-order valence-electron chi connectivity index (χ1n) is 6.48. The lowest BCUT2D eigenvalue weighted by atomic mass is 10.1. The van der Waals surface area contributed by atoms with Gasteiger partial charge in [0.25, 0.3) is 10.0 Å². The summed E-state index contributed by atoms with van der Waals surface area (Å²) in [5, 5.41) is 10.2. The van der Waals surface area contributed by atoms with Gasteiger partial charge in [-0.15, -0.1) is 0 Å². The Morgan fingerprint density at radius 3 is 2.41 bits per heavy atom. The SMILES string of the molecule is Cc1cccc(C(=O)O)c1NS(=O)(=O)/C=C/c1ccccc1. The molecule has 114 valence electrons. The first kappa shape index (κ1) is 15.8. The Bertz CT molecular complexity index is 811. The van der Waals surface area contributed by atoms with E-state index in [9.17, 15) is 13.2 Å². The van der Waals surface area contributed by atoms with Gasteiger partial charge in [0.05, 0.1) is 16.7 Å². The molecule has 0 bridgehead atoms. The zero-order valence-electron chi connectivity index (χ0n) is 11.9. The van der Waals surface area contributed by atoms with Crippen molar-refractivity contribution >= 4 is 27.8 Å². The van der Waals surface area contributed by atoms with E-state index < -0.39 is 16.0 Å².